The van der Waals surface area contributed by atoms with Gasteiger partial charge in [0.1, 0.15) is 6.61 Å². The Bertz CT molecular complexity index is 1450. The quantitative estimate of drug-likeness (QED) is 0.0491. The first-order valence-corrected chi connectivity index (χ1v) is 13.4. The third-order valence-electron chi connectivity index (χ3n) is 6.18. The van der Waals surface area contributed by atoms with Crippen molar-refractivity contribution in [3.63, 3.8) is 0 Å². The predicted octanol–water partition coefficient (Wildman–Crippen LogP) is 8.00. The Morgan fingerprint density at radius 3 is 1.00 bits per heavy atom. The average Bonchev–Trinajstić information content (AvgIpc) is 3.04. The number of carbonyl (C=O) groups is 3. The number of alkyl halides is 24. The molecule has 33 heteroatoms. The summed E-state index contributed by atoms with van der Waals surface area (Å²) >= 11 is 0. The minimum atomic E-state index is -9.21. The second-order valence-corrected chi connectivity index (χ2v) is 10.2. The van der Waals surface area contributed by atoms with Gasteiger partial charge in [-0.25, -0.2) is 27.6 Å². The van der Waals surface area contributed by atoms with E-state index in [1.807, 2.05) is 9.47 Å². The molecule has 0 fully saturated rings. The fraction of sp³-hybridized carbons (Fsp3) is 0.640. The summed E-state index contributed by atoms with van der Waals surface area (Å²) in [6.45, 7) is -4.04. The smallest absolute Gasteiger partial charge is 0.459 e. The minimum Gasteiger partial charge on any atom is -0.460 e. The number of ether oxygens (including phenoxy) is 6. The molecule has 0 radical (unpaired) electrons. The molecule has 3 unspecified atom stereocenters. The van der Waals surface area contributed by atoms with Gasteiger partial charge in [0.15, 0.2) is 19.3 Å². The van der Waals surface area contributed by atoms with Crippen LogP contribution in [-0.4, -0.2) is 116 Å². The highest BCUT2D eigenvalue weighted by Crippen LogP contribution is 2.61. The summed E-state index contributed by atoms with van der Waals surface area (Å²) in [6.07, 6.45) is -56.4. The van der Waals surface area contributed by atoms with E-state index in [9.17, 15) is 80.2 Å². The molecule has 0 heterocycles. The van der Waals surface area contributed by atoms with Gasteiger partial charge in [0.2, 0.25) is 0 Å². The van der Waals surface area contributed by atoms with Crippen LogP contribution in [0.5, 0.6) is 0 Å². The van der Waals surface area contributed by atoms with E-state index in [1.165, 1.54) is 0 Å². The molecule has 3 atom stereocenters. The third-order valence-corrected chi connectivity index (χ3v) is 6.18. The van der Waals surface area contributed by atoms with Crippen LogP contribution in [0.4, 0.5) is 105 Å². The lowest BCUT2D eigenvalue weighted by Gasteiger charge is -2.46. The average molecular weight is 916 g/mol. The van der Waals surface area contributed by atoms with Crippen molar-refractivity contribution < 1.29 is 148 Å². The lowest BCUT2D eigenvalue weighted by Crippen LogP contribution is -2.75. The third kappa shape index (κ3) is 10.3. The zero-order valence-electron chi connectivity index (χ0n) is 26.8. The Morgan fingerprint density at radius 2 is 0.741 bits per heavy atom. The van der Waals surface area contributed by atoms with Gasteiger partial charge < -0.3 is 18.9 Å². The van der Waals surface area contributed by atoms with Gasteiger partial charge in [-0.3, -0.25) is 9.47 Å². The summed E-state index contributed by atoms with van der Waals surface area (Å²) in [5.41, 5.74) is -9.21. The van der Waals surface area contributed by atoms with Crippen LogP contribution in [-0.2, 0) is 42.8 Å². The van der Waals surface area contributed by atoms with Crippen molar-refractivity contribution in [2.24, 2.45) is 0 Å². The van der Waals surface area contributed by atoms with Gasteiger partial charge in [0.25, 0.3) is 0 Å². The highest BCUT2D eigenvalue weighted by molar-refractivity contribution is 5.81. The number of hydrogen-bond donors (Lipinski definition) is 0. The maximum Gasteiger partial charge on any atom is 0.459 e. The molecule has 9 nitrogen and oxygen atoms in total. The summed E-state index contributed by atoms with van der Waals surface area (Å²) in [7, 11) is 0. The maximum atomic E-state index is 16.1. The SMILES string of the molecule is C=CC(=O)OCC(OC(F)(F)C(F)(C(F)(F)OC(F)(COC(=O)C=C)C(F)(F)C(F)(F)F)C(F)(F)OC(F)(COC(=O)C=C)C(F)(F)C(F)(F)F)C(F)(F)C(F)(F)F. The summed E-state index contributed by atoms with van der Waals surface area (Å²) in [6, 6.07) is 0. The van der Waals surface area contributed by atoms with Gasteiger partial charge in [-0.05, 0) is 0 Å². The fourth-order valence-electron chi connectivity index (χ4n) is 3.16. The van der Waals surface area contributed by atoms with Crippen molar-refractivity contribution in [3.8, 4) is 0 Å². The van der Waals surface area contributed by atoms with Crippen LogP contribution in [0.3, 0.4) is 0 Å². The molecular weight excluding hydrogens is 900 g/mol. The van der Waals surface area contributed by atoms with Crippen LogP contribution in [0.25, 0.3) is 0 Å². The molecule has 0 N–H and O–H groups in total. The van der Waals surface area contributed by atoms with Gasteiger partial charge in [-0.15, -0.1) is 0 Å². The van der Waals surface area contributed by atoms with E-state index < -0.39 is 128 Å². The van der Waals surface area contributed by atoms with Crippen LogP contribution < -0.4 is 0 Å². The largest absolute Gasteiger partial charge is 0.460 e. The first-order chi connectivity index (χ1) is 25.4. The van der Waals surface area contributed by atoms with Crippen molar-refractivity contribution in [3.05, 3.63) is 38.0 Å². The topological polar surface area (TPSA) is 107 Å². The van der Waals surface area contributed by atoms with E-state index >= 15 is 39.5 Å². The maximum absolute atomic E-state index is 16.1. The van der Waals surface area contributed by atoms with Crippen LogP contribution in [0.15, 0.2) is 38.0 Å². The highest BCUT2D eigenvalue weighted by Gasteiger charge is 2.91. The van der Waals surface area contributed by atoms with Crippen LogP contribution in [0.1, 0.15) is 0 Å². The highest BCUT2D eigenvalue weighted by atomic mass is 19.4. The molecule has 0 saturated heterocycles. The number of carbonyl (C=O) groups excluding carboxylic acids is 3. The molecule has 338 valence electrons. The molecule has 0 aromatic heterocycles. The van der Waals surface area contributed by atoms with Gasteiger partial charge >= 0.3 is 89.9 Å². The van der Waals surface area contributed by atoms with Crippen molar-refractivity contribution in [1.29, 1.82) is 0 Å². The zero-order valence-corrected chi connectivity index (χ0v) is 26.8. The molecule has 0 aliphatic carbocycles. The van der Waals surface area contributed by atoms with E-state index in [-0.39, 0.29) is 6.08 Å². The van der Waals surface area contributed by atoms with Crippen molar-refractivity contribution in [2.45, 2.75) is 78.1 Å². The standard InChI is InChI=1S/C25H16F24O9/c1-4-11(50)53-7-10(16(28,29)20(35,36)37)56-23(44,45)17(30,24(46,47)57-14(26,8-54-12(51)5-2)18(31,32)21(38,39)40)25(48,49)58-15(27,9-55-13(52)6-3)19(33,34)22(41,42)43/h4-6,10H,1-3,7-9H2. The Balaban J connectivity index is 8.56. The summed E-state index contributed by atoms with van der Waals surface area (Å²) in [4.78, 5) is 33.4. The Labute approximate surface area is 303 Å². The molecule has 0 saturated carbocycles. The Morgan fingerprint density at radius 1 is 0.448 bits per heavy atom. The molecule has 0 aromatic carbocycles. The van der Waals surface area contributed by atoms with Gasteiger partial charge in [-0.2, -0.15) is 92.2 Å². The lowest BCUT2D eigenvalue weighted by molar-refractivity contribution is -0.547. The molecule has 0 bridgehead atoms. The summed E-state index contributed by atoms with van der Waals surface area (Å²) in [5.74, 6) is -45.7. The zero-order chi connectivity index (χ0) is 46.8. The number of halogens is 24. The summed E-state index contributed by atoms with van der Waals surface area (Å²) < 4.78 is 357. The van der Waals surface area contributed by atoms with Crippen molar-refractivity contribution in [1.82, 2.24) is 0 Å². The Hall–Kier alpha value is -4.17. The second kappa shape index (κ2) is 16.8. The van der Waals surface area contributed by atoms with E-state index in [2.05, 4.69) is 38.7 Å². The first-order valence-electron chi connectivity index (χ1n) is 13.4. The molecule has 58 heavy (non-hydrogen) atoms. The van der Waals surface area contributed by atoms with E-state index in [0.717, 1.165) is 0 Å². The number of rotatable bonds is 21. The van der Waals surface area contributed by atoms with Crippen LogP contribution in [0, 0.1) is 0 Å². The molecule has 0 spiro atoms. The molecule has 0 rings (SSSR count). The van der Waals surface area contributed by atoms with E-state index in [4.69, 9.17) is 0 Å². The van der Waals surface area contributed by atoms with Crippen LogP contribution in [0.2, 0.25) is 0 Å². The molecule has 0 amide bonds. The van der Waals surface area contributed by atoms with Gasteiger partial charge in [0, 0.05) is 18.2 Å². The number of esters is 3. The van der Waals surface area contributed by atoms with Gasteiger partial charge in [-0.1, -0.05) is 19.7 Å². The molecule has 0 aliphatic heterocycles. The molecule has 0 aliphatic rings. The normalized spacial score (nSPS) is 17.8. The van der Waals surface area contributed by atoms with Gasteiger partial charge in [0.05, 0.1) is 0 Å². The predicted molar refractivity (Wildman–Crippen MR) is 130 cm³/mol. The minimum absolute atomic E-state index is 0.286. The lowest BCUT2D eigenvalue weighted by atomic mass is 9.99. The fourth-order valence-corrected chi connectivity index (χ4v) is 3.16. The molecule has 0 aromatic rings. The van der Waals surface area contributed by atoms with E-state index in [0.29, 0.717) is 0 Å². The monoisotopic (exact) mass is 916 g/mol. The first kappa shape index (κ1) is 53.8. The molecular formula is C25H16F24O9. The second-order valence-electron chi connectivity index (χ2n) is 10.2. The Kier molecular flexibility index (Phi) is 15.6. The van der Waals surface area contributed by atoms with E-state index in [1.54, 1.807) is 0 Å². The summed E-state index contributed by atoms with van der Waals surface area (Å²) in [5, 5.41) is 0. The van der Waals surface area contributed by atoms with Crippen molar-refractivity contribution in [2.75, 3.05) is 19.8 Å². The van der Waals surface area contributed by atoms with Crippen molar-refractivity contribution >= 4 is 17.9 Å². The number of hydrogen-bond acceptors (Lipinski definition) is 9. The van der Waals surface area contributed by atoms with Crippen LogP contribution >= 0.6 is 0 Å².